The van der Waals surface area contributed by atoms with E-state index in [1.807, 2.05) is 4.90 Å². The maximum atomic E-state index is 11.5. The summed E-state index contributed by atoms with van der Waals surface area (Å²) in [5, 5.41) is 19.2. The van der Waals surface area contributed by atoms with E-state index in [9.17, 15) is 15.0 Å². The zero-order chi connectivity index (χ0) is 12.3. The van der Waals surface area contributed by atoms with Crippen LogP contribution in [0.3, 0.4) is 0 Å². The van der Waals surface area contributed by atoms with Crippen molar-refractivity contribution in [2.75, 3.05) is 20.2 Å². The molecule has 0 amide bonds. The van der Waals surface area contributed by atoms with Crippen LogP contribution in [-0.2, 0) is 9.53 Å². The zero-order valence-corrected chi connectivity index (χ0v) is 10.1. The number of aliphatic hydroxyl groups is 2. The van der Waals surface area contributed by atoms with Crippen molar-refractivity contribution in [2.24, 2.45) is 0 Å². The van der Waals surface area contributed by atoms with E-state index in [1.165, 1.54) is 7.11 Å². The van der Waals surface area contributed by atoms with Gasteiger partial charge in [-0.2, -0.15) is 0 Å². The van der Waals surface area contributed by atoms with Crippen LogP contribution in [0.15, 0.2) is 0 Å². The number of carbonyl (C=O) groups is 1. The van der Waals surface area contributed by atoms with Gasteiger partial charge in [0.2, 0.25) is 0 Å². The van der Waals surface area contributed by atoms with Gasteiger partial charge in [0, 0.05) is 19.5 Å². The molecule has 0 saturated carbocycles. The molecule has 2 unspecified atom stereocenters. The highest BCUT2D eigenvalue weighted by Crippen LogP contribution is 2.21. The lowest BCUT2D eigenvalue weighted by atomic mass is 10.1. The first-order chi connectivity index (χ1) is 7.33. The Bertz CT molecular complexity index is 249. The maximum Gasteiger partial charge on any atom is 0.323 e. The largest absolute Gasteiger partial charge is 0.468 e. The van der Waals surface area contributed by atoms with E-state index in [-0.39, 0.29) is 12.0 Å². The van der Waals surface area contributed by atoms with Crippen molar-refractivity contribution >= 4 is 5.97 Å². The highest BCUT2D eigenvalue weighted by atomic mass is 16.5. The van der Waals surface area contributed by atoms with Crippen LogP contribution in [0.5, 0.6) is 0 Å². The number of β-amino-alcohol motifs (C(OH)–C–C–N with tert-alkyl or cyclic N) is 1. The Morgan fingerprint density at radius 3 is 2.69 bits per heavy atom. The summed E-state index contributed by atoms with van der Waals surface area (Å²) in [6.45, 7) is 4.51. The molecule has 0 radical (unpaired) electrons. The average Bonchev–Trinajstić information content (AvgIpc) is 2.54. The van der Waals surface area contributed by atoms with E-state index in [2.05, 4.69) is 0 Å². The van der Waals surface area contributed by atoms with Crippen molar-refractivity contribution in [3.63, 3.8) is 0 Å². The predicted molar refractivity (Wildman–Crippen MR) is 58.9 cm³/mol. The van der Waals surface area contributed by atoms with Gasteiger partial charge in [0.1, 0.15) is 6.04 Å². The Hall–Kier alpha value is -0.650. The molecule has 0 aromatic heterocycles. The first-order valence-corrected chi connectivity index (χ1v) is 5.56. The lowest BCUT2D eigenvalue weighted by Gasteiger charge is -2.25. The second-order valence-electron chi connectivity index (χ2n) is 4.99. The fourth-order valence-electron chi connectivity index (χ4n) is 1.92. The number of hydrogen-bond donors (Lipinski definition) is 2. The van der Waals surface area contributed by atoms with Gasteiger partial charge in [-0.15, -0.1) is 0 Å². The van der Waals surface area contributed by atoms with Gasteiger partial charge in [-0.05, 0) is 20.3 Å². The van der Waals surface area contributed by atoms with E-state index in [0.29, 0.717) is 25.9 Å². The van der Waals surface area contributed by atoms with Gasteiger partial charge in [-0.25, -0.2) is 0 Å². The molecule has 0 aromatic rings. The normalized spacial score (nSPS) is 27.1. The van der Waals surface area contributed by atoms with E-state index in [1.54, 1.807) is 13.8 Å². The first-order valence-electron chi connectivity index (χ1n) is 5.56. The minimum atomic E-state index is -0.756. The number of rotatable bonds is 4. The van der Waals surface area contributed by atoms with Gasteiger partial charge in [-0.1, -0.05) is 0 Å². The van der Waals surface area contributed by atoms with Gasteiger partial charge in [0.05, 0.1) is 18.8 Å². The van der Waals surface area contributed by atoms with Crippen molar-refractivity contribution in [3.05, 3.63) is 0 Å². The van der Waals surface area contributed by atoms with Gasteiger partial charge >= 0.3 is 5.97 Å². The summed E-state index contributed by atoms with van der Waals surface area (Å²) in [6.07, 6.45) is 0.497. The third kappa shape index (κ3) is 3.73. The minimum Gasteiger partial charge on any atom is -0.468 e. The Kier molecular flexibility index (Phi) is 4.29. The topological polar surface area (TPSA) is 70.0 Å². The minimum absolute atomic E-state index is 0.313. The summed E-state index contributed by atoms with van der Waals surface area (Å²) in [5.41, 5.74) is -0.756. The van der Waals surface area contributed by atoms with Crippen LogP contribution in [0.25, 0.3) is 0 Å². The van der Waals surface area contributed by atoms with Crippen LogP contribution in [0.2, 0.25) is 0 Å². The molecule has 0 spiro atoms. The van der Waals surface area contributed by atoms with Crippen LogP contribution in [0.4, 0.5) is 0 Å². The van der Waals surface area contributed by atoms with Crippen molar-refractivity contribution < 1.29 is 19.7 Å². The molecule has 2 atom stereocenters. The van der Waals surface area contributed by atoms with Gasteiger partial charge in [-0.3, -0.25) is 9.69 Å². The number of esters is 1. The molecule has 0 aromatic carbocycles. The van der Waals surface area contributed by atoms with Crippen LogP contribution < -0.4 is 0 Å². The third-order valence-electron chi connectivity index (χ3n) is 2.87. The van der Waals surface area contributed by atoms with Gasteiger partial charge in [0.15, 0.2) is 0 Å². The predicted octanol–water partition coefficient (Wildman–Crippen LogP) is -0.244. The highest BCUT2D eigenvalue weighted by molar-refractivity contribution is 5.76. The lowest BCUT2D eigenvalue weighted by Crippen LogP contribution is -2.39. The number of hydrogen-bond acceptors (Lipinski definition) is 5. The van der Waals surface area contributed by atoms with Crippen molar-refractivity contribution in [1.29, 1.82) is 0 Å². The fourth-order valence-corrected chi connectivity index (χ4v) is 1.92. The molecule has 5 nitrogen and oxygen atoms in total. The average molecular weight is 231 g/mol. The van der Waals surface area contributed by atoms with E-state index in [0.717, 1.165) is 0 Å². The second-order valence-corrected chi connectivity index (χ2v) is 4.99. The quantitative estimate of drug-likeness (QED) is 0.653. The molecule has 1 aliphatic rings. The number of aliphatic hydroxyl groups excluding tert-OH is 1. The van der Waals surface area contributed by atoms with Crippen LogP contribution in [0, 0.1) is 0 Å². The molecule has 5 heteroatoms. The molecular weight excluding hydrogens is 210 g/mol. The summed E-state index contributed by atoms with van der Waals surface area (Å²) >= 11 is 0. The molecule has 1 rings (SSSR count). The maximum absolute atomic E-state index is 11.5. The molecule has 1 aliphatic heterocycles. The summed E-state index contributed by atoms with van der Waals surface area (Å²) in [5.74, 6) is -0.313. The SMILES string of the molecule is COC(=O)C1CC(O)CN1CCC(C)(C)O. The van der Waals surface area contributed by atoms with Crippen molar-refractivity contribution in [3.8, 4) is 0 Å². The number of methoxy groups -OCH3 is 1. The van der Waals surface area contributed by atoms with Gasteiger partial charge in [0.25, 0.3) is 0 Å². The molecule has 1 heterocycles. The van der Waals surface area contributed by atoms with E-state index >= 15 is 0 Å². The summed E-state index contributed by atoms with van der Waals surface area (Å²) in [4.78, 5) is 13.3. The zero-order valence-electron chi connectivity index (χ0n) is 10.1. The van der Waals surface area contributed by atoms with E-state index < -0.39 is 11.7 Å². The van der Waals surface area contributed by atoms with Crippen LogP contribution in [-0.4, -0.2) is 59.0 Å². The number of carbonyl (C=O) groups excluding carboxylic acids is 1. The first kappa shape index (κ1) is 13.4. The molecule has 2 N–H and O–H groups in total. The van der Waals surface area contributed by atoms with Crippen molar-refractivity contribution in [1.82, 2.24) is 4.90 Å². The summed E-state index contributed by atoms with van der Waals surface area (Å²) < 4.78 is 4.69. The van der Waals surface area contributed by atoms with Gasteiger partial charge < -0.3 is 14.9 Å². The molecule has 0 bridgehead atoms. The highest BCUT2D eigenvalue weighted by Gasteiger charge is 2.36. The standard InChI is InChI=1S/C11H21NO4/c1-11(2,15)4-5-12-7-8(13)6-9(12)10(14)16-3/h8-9,13,15H,4-7H2,1-3H3. The number of nitrogens with zero attached hydrogens (tertiary/aromatic N) is 1. The smallest absolute Gasteiger partial charge is 0.323 e. The summed E-state index contributed by atoms with van der Waals surface area (Å²) in [7, 11) is 1.35. The Morgan fingerprint density at radius 2 is 2.19 bits per heavy atom. The number of ether oxygens (including phenoxy) is 1. The fraction of sp³-hybridized carbons (Fsp3) is 0.909. The molecule has 94 valence electrons. The van der Waals surface area contributed by atoms with Crippen LogP contribution in [0.1, 0.15) is 26.7 Å². The molecule has 0 aliphatic carbocycles. The molecule has 1 saturated heterocycles. The summed E-state index contributed by atoms with van der Waals surface area (Å²) in [6, 6.07) is -0.373. The molecule has 16 heavy (non-hydrogen) atoms. The Labute approximate surface area is 96.0 Å². The number of likely N-dealkylation sites (tertiary alicyclic amines) is 1. The lowest BCUT2D eigenvalue weighted by molar-refractivity contribution is -0.146. The van der Waals surface area contributed by atoms with Crippen molar-refractivity contribution in [2.45, 2.75) is 44.4 Å². The Morgan fingerprint density at radius 1 is 1.56 bits per heavy atom. The third-order valence-corrected chi connectivity index (χ3v) is 2.87. The second kappa shape index (κ2) is 5.12. The molecule has 1 fully saturated rings. The van der Waals surface area contributed by atoms with E-state index in [4.69, 9.17) is 4.74 Å². The van der Waals surface area contributed by atoms with Crippen LogP contribution >= 0.6 is 0 Å². The Balaban J connectivity index is 2.53. The molecular formula is C11H21NO4. The monoisotopic (exact) mass is 231 g/mol.